The van der Waals surface area contributed by atoms with E-state index in [-0.39, 0.29) is 24.5 Å². The number of aliphatic hydroxyl groups excluding tert-OH is 1. The lowest BCUT2D eigenvalue weighted by Crippen LogP contribution is -2.43. The number of aliphatic hydroxyl groups is 1. The number of fused-ring (bicyclic) bond motifs is 1. The highest BCUT2D eigenvalue weighted by Gasteiger charge is 2.26. The molecule has 2 N–H and O–H groups in total. The van der Waals surface area contributed by atoms with E-state index in [1.54, 1.807) is 10.9 Å². The molecule has 0 saturated heterocycles. The predicted molar refractivity (Wildman–Crippen MR) is 131 cm³/mol. The van der Waals surface area contributed by atoms with Gasteiger partial charge in [0.05, 0.1) is 17.4 Å². The van der Waals surface area contributed by atoms with Gasteiger partial charge in [-0.1, -0.05) is 37.1 Å². The number of aryl methyl sites for hydroxylation is 1. The Balaban J connectivity index is 1.41. The van der Waals surface area contributed by atoms with Gasteiger partial charge in [0.2, 0.25) is 0 Å². The van der Waals surface area contributed by atoms with Gasteiger partial charge in [-0.15, -0.1) is 0 Å². The fraction of sp³-hybridized carbons (Fsp3) is 0.333. The van der Waals surface area contributed by atoms with Gasteiger partial charge in [-0.25, -0.2) is 4.98 Å². The minimum absolute atomic E-state index is 0.00723. The van der Waals surface area contributed by atoms with E-state index in [0.29, 0.717) is 12.1 Å². The topological polar surface area (TPSA) is 92.9 Å². The molecule has 7 nitrogen and oxygen atoms in total. The minimum atomic E-state index is -0.178. The van der Waals surface area contributed by atoms with Gasteiger partial charge >= 0.3 is 0 Å². The molecule has 174 valence electrons. The van der Waals surface area contributed by atoms with Gasteiger partial charge in [-0.3, -0.25) is 14.5 Å². The summed E-state index contributed by atoms with van der Waals surface area (Å²) in [4.78, 5) is 22.4. The third-order valence-corrected chi connectivity index (χ3v) is 6.71. The fourth-order valence-corrected chi connectivity index (χ4v) is 4.84. The van der Waals surface area contributed by atoms with Crippen molar-refractivity contribution in [3.8, 4) is 11.3 Å². The standard InChI is InChI=1S/C27H29N5O2/c1-32-16-21(15-29-32)23-11-10-18(14-28-23)12-20-13-26(30-25-9-5-3-7-22(20)25)27(34)31-24-8-4-2-6-19(24)17-33/h3,5,7,9-11,13-16,19,24,33H,2,4,6,8,12,17H2,1H3,(H,31,34)/t19-,24+/m1/s1. The Labute approximate surface area is 198 Å². The number of carbonyl (C=O) groups excluding carboxylic acids is 1. The van der Waals surface area contributed by atoms with Crippen molar-refractivity contribution in [1.29, 1.82) is 0 Å². The van der Waals surface area contributed by atoms with E-state index < -0.39 is 0 Å². The second-order valence-corrected chi connectivity index (χ2v) is 9.12. The van der Waals surface area contributed by atoms with Gasteiger partial charge in [0.1, 0.15) is 5.69 Å². The molecule has 34 heavy (non-hydrogen) atoms. The lowest BCUT2D eigenvalue weighted by atomic mass is 9.85. The summed E-state index contributed by atoms with van der Waals surface area (Å²) in [5.41, 5.74) is 5.16. The zero-order valence-electron chi connectivity index (χ0n) is 19.3. The molecule has 3 aromatic heterocycles. The number of carbonyl (C=O) groups is 1. The summed E-state index contributed by atoms with van der Waals surface area (Å²) >= 11 is 0. The zero-order valence-corrected chi connectivity index (χ0v) is 19.3. The van der Waals surface area contributed by atoms with Gasteiger partial charge < -0.3 is 10.4 Å². The normalized spacial score (nSPS) is 18.2. The summed E-state index contributed by atoms with van der Waals surface area (Å²) in [5, 5.41) is 18.1. The predicted octanol–water partition coefficient (Wildman–Crippen LogP) is 3.90. The van der Waals surface area contributed by atoms with Crippen molar-refractivity contribution >= 4 is 16.8 Å². The summed E-state index contributed by atoms with van der Waals surface area (Å²) in [6.45, 7) is 0.101. The van der Waals surface area contributed by atoms with E-state index >= 15 is 0 Å². The second-order valence-electron chi connectivity index (χ2n) is 9.12. The molecule has 2 atom stereocenters. The number of nitrogens with zero attached hydrogens (tertiary/aromatic N) is 4. The number of pyridine rings is 2. The third-order valence-electron chi connectivity index (χ3n) is 6.71. The van der Waals surface area contributed by atoms with Crippen LogP contribution in [-0.2, 0) is 13.5 Å². The Hall–Kier alpha value is -3.58. The van der Waals surface area contributed by atoms with Crippen LogP contribution in [0.25, 0.3) is 22.2 Å². The quantitative estimate of drug-likeness (QED) is 0.460. The molecule has 1 aliphatic carbocycles. The number of amides is 1. The van der Waals surface area contributed by atoms with Crippen molar-refractivity contribution < 1.29 is 9.90 Å². The molecule has 5 rings (SSSR count). The van der Waals surface area contributed by atoms with E-state index in [4.69, 9.17) is 0 Å². The van der Waals surface area contributed by atoms with E-state index in [1.165, 1.54) is 0 Å². The van der Waals surface area contributed by atoms with Crippen LogP contribution in [0.3, 0.4) is 0 Å². The first-order chi connectivity index (χ1) is 16.6. The zero-order chi connectivity index (χ0) is 23.5. The molecule has 1 aliphatic rings. The highest BCUT2D eigenvalue weighted by Crippen LogP contribution is 2.26. The minimum Gasteiger partial charge on any atom is -0.396 e. The number of hydrogen-bond acceptors (Lipinski definition) is 5. The maximum atomic E-state index is 13.2. The van der Waals surface area contributed by atoms with Crippen LogP contribution >= 0.6 is 0 Å². The Morgan fingerprint density at radius 1 is 1.15 bits per heavy atom. The molecule has 7 heteroatoms. The Morgan fingerprint density at radius 2 is 2.00 bits per heavy atom. The number of hydrogen-bond donors (Lipinski definition) is 2. The summed E-state index contributed by atoms with van der Waals surface area (Å²) in [6.07, 6.45) is 10.3. The van der Waals surface area contributed by atoms with Crippen molar-refractivity contribution in [2.75, 3.05) is 6.61 Å². The fourth-order valence-electron chi connectivity index (χ4n) is 4.84. The molecule has 1 fully saturated rings. The lowest BCUT2D eigenvalue weighted by molar-refractivity contribution is 0.0868. The first kappa shape index (κ1) is 22.2. The van der Waals surface area contributed by atoms with Gasteiger partial charge in [0, 0.05) is 49.0 Å². The molecule has 1 aromatic carbocycles. The van der Waals surface area contributed by atoms with Gasteiger partial charge in [0.25, 0.3) is 5.91 Å². The molecule has 3 heterocycles. The van der Waals surface area contributed by atoms with Gasteiger partial charge in [-0.05, 0) is 48.6 Å². The molecular formula is C27H29N5O2. The number of rotatable bonds is 6. The van der Waals surface area contributed by atoms with Crippen molar-refractivity contribution in [3.05, 3.63) is 77.9 Å². The molecular weight excluding hydrogens is 426 g/mol. The lowest BCUT2D eigenvalue weighted by Gasteiger charge is -2.30. The summed E-state index contributed by atoms with van der Waals surface area (Å²) in [5.74, 6) is -0.0653. The van der Waals surface area contributed by atoms with E-state index in [0.717, 1.165) is 59.0 Å². The van der Waals surface area contributed by atoms with Crippen LogP contribution in [0.4, 0.5) is 0 Å². The maximum absolute atomic E-state index is 13.2. The molecule has 0 aliphatic heterocycles. The average molecular weight is 456 g/mol. The number of para-hydroxylation sites is 1. The first-order valence-electron chi connectivity index (χ1n) is 11.8. The van der Waals surface area contributed by atoms with Crippen molar-refractivity contribution in [2.24, 2.45) is 13.0 Å². The second kappa shape index (κ2) is 9.73. The average Bonchev–Trinajstić information content (AvgIpc) is 3.31. The molecule has 4 aromatic rings. The van der Waals surface area contributed by atoms with Crippen LogP contribution in [0.1, 0.15) is 47.3 Å². The van der Waals surface area contributed by atoms with E-state index in [1.807, 2.05) is 55.8 Å². The highest BCUT2D eigenvalue weighted by atomic mass is 16.3. The summed E-state index contributed by atoms with van der Waals surface area (Å²) < 4.78 is 1.76. The molecule has 1 amide bonds. The molecule has 0 radical (unpaired) electrons. The van der Waals surface area contributed by atoms with Crippen LogP contribution < -0.4 is 5.32 Å². The first-order valence-corrected chi connectivity index (χ1v) is 11.8. The van der Waals surface area contributed by atoms with Crippen LogP contribution in [0.2, 0.25) is 0 Å². The van der Waals surface area contributed by atoms with Crippen molar-refractivity contribution in [2.45, 2.75) is 38.1 Å². The third kappa shape index (κ3) is 4.70. The Kier molecular flexibility index (Phi) is 6.36. The van der Waals surface area contributed by atoms with Crippen molar-refractivity contribution in [3.63, 3.8) is 0 Å². The number of benzene rings is 1. The molecule has 1 saturated carbocycles. The molecule has 0 unspecified atom stereocenters. The van der Waals surface area contributed by atoms with Gasteiger partial charge in [0.15, 0.2) is 0 Å². The molecule has 0 spiro atoms. The smallest absolute Gasteiger partial charge is 0.270 e. The number of nitrogens with one attached hydrogen (secondary N) is 1. The monoisotopic (exact) mass is 455 g/mol. The maximum Gasteiger partial charge on any atom is 0.270 e. The Bertz CT molecular complexity index is 1300. The van der Waals surface area contributed by atoms with Crippen LogP contribution in [0, 0.1) is 5.92 Å². The van der Waals surface area contributed by atoms with Gasteiger partial charge in [-0.2, -0.15) is 5.10 Å². The molecule has 0 bridgehead atoms. The van der Waals surface area contributed by atoms with Crippen LogP contribution in [-0.4, -0.2) is 43.4 Å². The number of aromatic nitrogens is 4. The highest BCUT2D eigenvalue weighted by molar-refractivity contribution is 5.96. The van der Waals surface area contributed by atoms with Crippen LogP contribution in [0.15, 0.2) is 61.1 Å². The van der Waals surface area contributed by atoms with Crippen molar-refractivity contribution in [1.82, 2.24) is 25.1 Å². The van der Waals surface area contributed by atoms with E-state index in [9.17, 15) is 9.90 Å². The SMILES string of the molecule is Cn1cc(-c2ccc(Cc3cc(C(=O)N[C@H]4CCCC[C@@H]4CO)nc4ccccc34)cn2)cn1. The summed E-state index contributed by atoms with van der Waals surface area (Å²) in [6, 6.07) is 13.9. The van der Waals surface area contributed by atoms with E-state index in [2.05, 4.69) is 26.4 Å². The Morgan fingerprint density at radius 3 is 2.76 bits per heavy atom. The summed E-state index contributed by atoms with van der Waals surface area (Å²) in [7, 11) is 1.89. The van der Waals surface area contributed by atoms with Crippen LogP contribution in [0.5, 0.6) is 0 Å². The largest absolute Gasteiger partial charge is 0.396 e.